The summed E-state index contributed by atoms with van der Waals surface area (Å²) in [5, 5.41) is 2.27. The second-order valence-electron chi connectivity index (χ2n) is 8.53. The third-order valence-electron chi connectivity index (χ3n) is 6.28. The molecule has 6 rings (SSSR count). The van der Waals surface area contributed by atoms with Gasteiger partial charge < -0.3 is 4.42 Å². The van der Waals surface area contributed by atoms with Crippen LogP contribution in [0.25, 0.3) is 44.3 Å². The summed E-state index contributed by atoms with van der Waals surface area (Å²) in [5.74, 6) is 0. The second kappa shape index (κ2) is 8.07. The van der Waals surface area contributed by atoms with E-state index in [1.165, 1.54) is 22.3 Å². The van der Waals surface area contributed by atoms with Crippen molar-refractivity contribution in [2.75, 3.05) is 0 Å². The van der Waals surface area contributed by atoms with Gasteiger partial charge in [0.25, 0.3) is 0 Å². The zero-order chi connectivity index (χ0) is 22.2. The van der Waals surface area contributed by atoms with Crippen LogP contribution in [0, 0.1) is 6.92 Å². The fourth-order valence-electron chi connectivity index (χ4n) is 4.59. The Morgan fingerprint density at radius 1 is 0.667 bits per heavy atom. The zero-order valence-corrected chi connectivity index (χ0v) is 18.5. The molecule has 158 valence electrons. The Kier molecular flexibility index (Phi) is 4.77. The summed E-state index contributed by atoms with van der Waals surface area (Å²) in [6, 6.07) is 36.1. The molecule has 0 aliphatic carbocycles. The standard InChI is InChI=1S/C31H23NO/c1-21-20-32-29(19-27(21)24-11-6-3-7-12-24)26-14-8-13-25-28-18-23(15-16-30(28)33-31(25)26)17-22-9-4-2-5-10-22/h2-16,18-20H,17H2,1H3. The number of para-hydroxylation sites is 1. The van der Waals surface area contributed by atoms with Crippen molar-refractivity contribution in [2.24, 2.45) is 0 Å². The van der Waals surface area contributed by atoms with Crippen LogP contribution in [0.1, 0.15) is 16.7 Å². The first-order valence-electron chi connectivity index (χ1n) is 11.3. The lowest BCUT2D eigenvalue weighted by atomic mass is 9.98. The van der Waals surface area contributed by atoms with Crippen molar-refractivity contribution in [3.63, 3.8) is 0 Å². The average Bonchev–Trinajstić information content (AvgIpc) is 3.24. The van der Waals surface area contributed by atoms with Crippen LogP contribution in [0.5, 0.6) is 0 Å². The van der Waals surface area contributed by atoms with Crippen LogP contribution in [0.15, 0.2) is 114 Å². The van der Waals surface area contributed by atoms with E-state index in [0.717, 1.165) is 45.2 Å². The molecule has 0 saturated carbocycles. The number of benzene rings is 4. The Bertz CT molecular complexity index is 1580. The number of pyridine rings is 1. The molecule has 0 N–H and O–H groups in total. The molecule has 2 aromatic heterocycles. The fourth-order valence-corrected chi connectivity index (χ4v) is 4.59. The number of rotatable bonds is 4. The van der Waals surface area contributed by atoms with Crippen LogP contribution in [-0.2, 0) is 6.42 Å². The predicted octanol–water partition coefficient (Wildman–Crippen LogP) is 8.21. The maximum atomic E-state index is 6.38. The molecule has 0 amide bonds. The molecule has 0 unspecified atom stereocenters. The molecule has 2 nitrogen and oxygen atoms in total. The quantitative estimate of drug-likeness (QED) is 0.284. The van der Waals surface area contributed by atoms with Gasteiger partial charge in [0.2, 0.25) is 0 Å². The smallest absolute Gasteiger partial charge is 0.144 e. The molecule has 33 heavy (non-hydrogen) atoms. The van der Waals surface area contributed by atoms with Gasteiger partial charge in [0.05, 0.1) is 5.69 Å². The SMILES string of the molecule is Cc1cnc(-c2cccc3c2oc2ccc(Cc4ccccc4)cc23)cc1-c1ccccc1. The van der Waals surface area contributed by atoms with Crippen LogP contribution in [0.4, 0.5) is 0 Å². The minimum absolute atomic E-state index is 0.889. The summed E-state index contributed by atoms with van der Waals surface area (Å²) in [6.45, 7) is 2.11. The van der Waals surface area contributed by atoms with Gasteiger partial charge >= 0.3 is 0 Å². The van der Waals surface area contributed by atoms with Crippen LogP contribution in [0.2, 0.25) is 0 Å². The van der Waals surface area contributed by atoms with E-state index >= 15 is 0 Å². The Morgan fingerprint density at radius 2 is 1.45 bits per heavy atom. The Labute approximate surface area is 193 Å². The Hall–Kier alpha value is -4.17. The van der Waals surface area contributed by atoms with E-state index < -0.39 is 0 Å². The van der Waals surface area contributed by atoms with Crippen molar-refractivity contribution in [2.45, 2.75) is 13.3 Å². The highest BCUT2D eigenvalue weighted by atomic mass is 16.3. The summed E-state index contributed by atoms with van der Waals surface area (Å²) in [5.41, 5.74) is 9.87. The van der Waals surface area contributed by atoms with Gasteiger partial charge in [-0.25, -0.2) is 0 Å². The molecule has 0 spiro atoms. The topological polar surface area (TPSA) is 26.0 Å². The molecule has 2 heterocycles. The van der Waals surface area contributed by atoms with E-state index in [1.54, 1.807) is 0 Å². The van der Waals surface area contributed by atoms with E-state index in [2.05, 4.69) is 104 Å². The van der Waals surface area contributed by atoms with Gasteiger partial charge in [-0.1, -0.05) is 78.9 Å². The van der Waals surface area contributed by atoms with Crippen molar-refractivity contribution in [1.82, 2.24) is 4.98 Å². The maximum Gasteiger partial charge on any atom is 0.144 e. The van der Waals surface area contributed by atoms with Crippen molar-refractivity contribution < 1.29 is 4.42 Å². The van der Waals surface area contributed by atoms with Crippen LogP contribution in [0.3, 0.4) is 0 Å². The third-order valence-corrected chi connectivity index (χ3v) is 6.28. The number of aromatic nitrogens is 1. The van der Waals surface area contributed by atoms with Crippen LogP contribution >= 0.6 is 0 Å². The molecule has 0 bridgehead atoms. The minimum atomic E-state index is 0.889. The monoisotopic (exact) mass is 425 g/mol. The number of hydrogen-bond donors (Lipinski definition) is 0. The molecule has 2 heteroatoms. The highest BCUT2D eigenvalue weighted by Gasteiger charge is 2.15. The Morgan fingerprint density at radius 3 is 2.27 bits per heavy atom. The molecule has 0 radical (unpaired) electrons. The molecular weight excluding hydrogens is 402 g/mol. The van der Waals surface area contributed by atoms with Gasteiger partial charge in [0.1, 0.15) is 11.2 Å². The summed E-state index contributed by atoms with van der Waals surface area (Å²) in [6.07, 6.45) is 2.86. The number of nitrogens with zero attached hydrogens (tertiary/aromatic N) is 1. The van der Waals surface area contributed by atoms with Crippen LogP contribution in [-0.4, -0.2) is 4.98 Å². The molecule has 0 aliphatic rings. The van der Waals surface area contributed by atoms with Gasteiger partial charge in [-0.15, -0.1) is 0 Å². The third kappa shape index (κ3) is 3.60. The van der Waals surface area contributed by atoms with E-state index in [4.69, 9.17) is 9.40 Å². The van der Waals surface area contributed by atoms with Crippen molar-refractivity contribution in [3.05, 3.63) is 126 Å². The molecule has 0 saturated heterocycles. The summed E-state index contributed by atoms with van der Waals surface area (Å²) < 4.78 is 6.38. The van der Waals surface area contributed by atoms with Gasteiger partial charge in [-0.2, -0.15) is 0 Å². The second-order valence-corrected chi connectivity index (χ2v) is 8.53. The average molecular weight is 426 g/mol. The summed E-state index contributed by atoms with van der Waals surface area (Å²) in [7, 11) is 0. The highest BCUT2D eigenvalue weighted by molar-refractivity contribution is 6.09. The molecule has 0 atom stereocenters. The van der Waals surface area contributed by atoms with Crippen LogP contribution < -0.4 is 0 Å². The van der Waals surface area contributed by atoms with Gasteiger partial charge in [-0.3, -0.25) is 4.98 Å². The van der Waals surface area contributed by atoms with E-state index in [-0.39, 0.29) is 0 Å². The maximum absolute atomic E-state index is 6.38. The van der Waals surface area contributed by atoms with E-state index in [1.807, 2.05) is 12.3 Å². The summed E-state index contributed by atoms with van der Waals surface area (Å²) in [4.78, 5) is 4.77. The largest absolute Gasteiger partial charge is 0.455 e. The molecule has 4 aromatic carbocycles. The van der Waals surface area contributed by atoms with Gasteiger partial charge in [0, 0.05) is 22.5 Å². The van der Waals surface area contributed by atoms with E-state index in [0.29, 0.717) is 0 Å². The fraction of sp³-hybridized carbons (Fsp3) is 0.0645. The first-order valence-corrected chi connectivity index (χ1v) is 11.3. The normalized spacial score (nSPS) is 11.3. The predicted molar refractivity (Wildman–Crippen MR) is 136 cm³/mol. The number of furan rings is 1. The van der Waals surface area contributed by atoms with Gasteiger partial charge in [0.15, 0.2) is 0 Å². The first kappa shape index (κ1) is 19.5. The van der Waals surface area contributed by atoms with Crippen molar-refractivity contribution in [1.29, 1.82) is 0 Å². The highest BCUT2D eigenvalue weighted by Crippen LogP contribution is 2.37. The molecule has 0 fully saturated rings. The number of fused-ring (bicyclic) bond motifs is 3. The lowest BCUT2D eigenvalue weighted by molar-refractivity contribution is 0.669. The number of aryl methyl sites for hydroxylation is 1. The molecule has 6 aromatic rings. The van der Waals surface area contributed by atoms with E-state index in [9.17, 15) is 0 Å². The van der Waals surface area contributed by atoms with Crippen molar-refractivity contribution >= 4 is 21.9 Å². The number of hydrogen-bond acceptors (Lipinski definition) is 2. The summed E-state index contributed by atoms with van der Waals surface area (Å²) >= 11 is 0. The molecular formula is C31H23NO. The van der Waals surface area contributed by atoms with Crippen molar-refractivity contribution in [3.8, 4) is 22.4 Å². The molecule has 0 aliphatic heterocycles. The zero-order valence-electron chi connectivity index (χ0n) is 18.5. The lowest BCUT2D eigenvalue weighted by Crippen LogP contribution is -1.90. The Balaban J connectivity index is 1.47. The minimum Gasteiger partial charge on any atom is -0.455 e. The first-order chi connectivity index (χ1) is 16.3. The van der Waals surface area contributed by atoms with Gasteiger partial charge in [-0.05, 0) is 65.4 Å². The lowest BCUT2D eigenvalue weighted by Gasteiger charge is -2.09.